The largest absolute Gasteiger partial charge is 0.481 e. The molecule has 3 rings (SSSR count). The molecular formula is C15H18N2O4S. The summed E-state index contributed by atoms with van der Waals surface area (Å²) >= 11 is 1.46. The van der Waals surface area contributed by atoms with Gasteiger partial charge in [0.05, 0.1) is 17.9 Å². The van der Waals surface area contributed by atoms with Gasteiger partial charge in [0.1, 0.15) is 10.7 Å². The molecular weight excluding hydrogens is 304 g/mol. The predicted octanol–water partition coefficient (Wildman–Crippen LogP) is 1.69. The van der Waals surface area contributed by atoms with Crippen LogP contribution in [0.3, 0.4) is 0 Å². The number of hydrogen-bond acceptors (Lipinski definition) is 5. The van der Waals surface area contributed by atoms with Gasteiger partial charge in [0, 0.05) is 25.5 Å². The van der Waals surface area contributed by atoms with Crippen molar-refractivity contribution in [1.29, 1.82) is 0 Å². The minimum atomic E-state index is -0.855. The van der Waals surface area contributed by atoms with E-state index in [-0.39, 0.29) is 5.56 Å². The van der Waals surface area contributed by atoms with Crippen LogP contribution in [-0.2, 0) is 29.4 Å². The van der Waals surface area contributed by atoms with Gasteiger partial charge >= 0.3 is 5.97 Å². The van der Waals surface area contributed by atoms with Crippen LogP contribution in [0.15, 0.2) is 4.79 Å². The van der Waals surface area contributed by atoms with Crippen molar-refractivity contribution in [3.8, 4) is 0 Å². The number of rotatable bonds is 4. The molecule has 0 aliphatic heterocycles. The lowest BCUT2D eigenvalue weighted by atomic mass is 9.86. The minimum absolute atomic E-state index is 0.151. The van der Waals surface area contributed by atoms with Gasteiger partial charge in [-0.1, -0.05) is 0 Å². The van der Waals surface area contributed by atoms with Crippen molar-refractivity contribution in [3.05, 3.63) is 26.6 Å². The van der Waals surface area contributed by atoms with Gasteiger partial charge in [-0.25, -0.2) is 4.98 Å². The lowest BCUT2D eigenvalue weighted by molar-refractivity contribution is -0.139. The zero-order valence-corrected chi connectivity index (χ0v) is 13.4. The van der Waals surface area contributed by atoms with E-state index in [4.69, 9.17) is 4.74 Å². The van der Waals surface area contributed by atoms with E-state index >= 15 is 0 Å². The maximum atomic E-state index is 12.7. The summed E-state index contributed by atoms with van der Waals surface area (Å²) in [6, 6.07) is 0. The van der Waals surface area contributed by atoms with Crippen LogP contribution >= 0.6 is 11.3 Å². The van der Waals surface area contributed by atoms with Gasteiger partial charge in [0.2, 0.25) is 0 Å². The van der Waals surface area contributed by atoms with Crippen LogP contribution < -0.4 is 5.56 Å². The zero-order valence-electron chi connectivity index (χ0n) is 12.6. The Labute approximate surface area is 131 Å². The molecule has 7 heteroatoms. The van der Waals surface area contributed by atoms with E-state index in [0.29, 0.717) is 41.1 Å². The third-order valence-corrected chi connectivity index (χ3v) is 5.37. The number of fused-ring (bicyclic) bond motifs is 3. The zero-order chi connectivity index (χ0) is 15.9. The molecule has 0 amide bonds. The standard InChI is InChI=1S/C15H18N2O4S/c1-17-10(6-7-21-2)16-13-12(14(17)18)11-8(15(19)20)4-3-5-9(11)22-13/h8H,3-7H2,1-2H3,(H,19,20). The minimum Gasteiger partial charge on any atom is -0.481 e. The molecule has 1 unspecified atom stereocenters. The number of thiophene rings is 1. The SMILES string of the molecule is COCCc1nc2sc3c(c2c(=O)n1C)C(C(=O)O)CCC3. The molecule has 6 nitrogen and oxygen atoms in total. The number of methoxy groups -OCH3 is 1. The summed E-state index contributed by atoms with van der Waals surface area (Å²) in [5.74, 6) is -0.771. The Bertz CT molecular complexity index is 793. The van der Waals surface area contributed by atoms with Crippen molar-refractivity contribution in [2.45, 2.75) is 31.6 Å². The normalized spacial score (nSPS) is 17.6. The molecule has 118 valence electrons. The molecule has 22 heavy (non-hydrogen) atoms. The van der Waals surface area contributed by atoms with Crippen LogP contribution in [0.2, 0.25) is 0 Å². The number of aromatic nitrogens is 2. The molecule has 2 aromatic rings. The summed E-state index contributed by atoms with van der Waals surface area (Å²) in [5, 5.41) is 9.95. The molecule has 1 atom stereocenters. The van der Waals surface area contributed by atoms with Crippen molar-refractivity contribution in [2.24, 2.45) is 7.05 Å². The Kier molecular flexibility index (Phi) is 4.01. The second-order valence-electron chi connectivity index (χ2n) is 5.54. The number of carbonyl (C=O) groups is 1. The number of ether oxygens (including phenoxy) is 1. The van der Waals surface area contributed by atoms with Crippen LogP contribution in [0.4, 0.5) is 0 Å². The number of carboxylic acids is 1. The fourth-order valence-electron chi connectivity index (χ4n) is 3.07. The van der Waals surface area contributed by atoms with Crippen molar-refractivity contribution in [1.82, 2.24) is 9.55 Å². The lowest BCUT2D eigenvalue weighted by Crippen LogP contribution is -2.25. The number of aryl methyl sites for hydroxylation is 1. The van der Waals surface area contributed by atoms with Gasteiger partial charge in [0.15, 0.2) is 0 Å². The van der Waals surface area contributed by atoms with Crippen LogP contribution in [0.5, 0.6) is 0 Å². The Morgan fingerprint density at radius 1 is 1.55 bits per heavy atom. The van der Waals surface area contributed by atoms with Crippen molar-refractivity contribution < 1.29 is 14.6 Å². The highest BCUT2D eigenvalue weighted by atomic mass is 32.1. The molecule has 0 saturated heterocycles. The summed E-state index contributed by atoms with van der Waals surface area (Å²) < 4.78 is 6.57. The Balaban J connectivity index is 2.23. The maximum absolute atomic E-state index is 12.7. The molecule has 0 bridgehead atoms. The van der Waals surface area contributed by atoms with Crippen LogP contribution in [0.25, 0.3) is 10.2 Å². The summed E-state index contributed by atoms with van der Waals surface area (Å²) in [7, 11) is 3.29. The van der Waals surface area contributed by atoms with Gasteiger partial charge in [0.25, 0.3) is 5.56 Å². The Morgan fingerprint density at radius 3 is 3.00 bits per heavy atom. The van der Waals surface area contributed by atoms with Crippen LogP contribution in [-0.4, -0.2) is 34.3 Å². The first-order valence-electron chi connectivity index (χ1n) is 7.27. The highest BCUT2D eigenvalue weighted by molar-refractivity contribution is 7.18. The van der Waals surface area contributed by atoms with Crippen LogP contribution in [0, 0.1) is 0 Å². The highest BCUT2D eigenvalue weighted by Crippen LogP contribution is 2.40. The van der Waals surface area contributed by atoms with Crippen molar-refractivity contribution >= 4 is 27.5 Å². The molecule has 1 N–H and O–H groups in total. The molecule has 2 heterocycles. The van der Waals surface area contributed by atoms with E-state index in [1.807, 2.05) is 0 Å². The number of nitrogens with zero attached hydrogens (tertiary/aromatic N) is 2. The topological polar surface area (TPSA) is 81.4 Å². The van der Waals surface area contributed by atoms with Gasteiger partial charge in [-0.15, -0.1) is 11.3 Å². The quantitative estimate of drug-likeness (QED) is 0.926. The summed E-state index contributed by atoms with van der Waals surface area (Å²) in [4.78, 5) is 30.5. The van der Waals surface area contributed by atoms with E-state index in [0.717, 1.165) is 17.7 Å². The van der Waals surface area contributed by atoms with Gasteiger partial charge in [-0.2, -0.15) is 0 Å². The third kappa shape index (κ3) is 2.34. The molecule has 1 aliphatic rings. The molecule has 0 aromatic carbocycles. The first kappa shape index (κ1) is 15.2. The summed E-state index contributed by atoms with van der Waals surface area (Å²) in [6.07, 6.45) is 2.82. The fraction of sp³-hybridized carbons (Fsp3) is 0.533. The van der Waals surface area contributed by atoms with Gasteiger partial charge in [-0.3, -0.25) is 14.2 Å². The van der Waals surface area contributed by atoms with E-state index in [1.165, 1.54) is 15.9 Å². The average Bonchev–Trinajstić information content (AvgIpc) is 2.87. The maximum Gasteiger partial charge on any atom is 0.311 e. The van der Waals surface area contributed by atoms with Gasteiger partial charge in [-0.05, 0) is 24.8 Å². The van der Waals surface area contributed by atoms with E-state index in [1.54, 1.807) is 14.2 Å². The molecule has 2 aromatic heterocycles. The Hall–Kier alpha value is -1.73. The number of carboxylic acid groups (broad SMARTS) is 1. The molecule has 0 fully saturated rings. The average molecular weight is 322 g/mol. The van der Waals surface area contributed by atoms with Crippen molar-refractivity contribution in [2.75, 3.05) is 13.7 Å². The third-order valence-electron chi connectivity index (χ3n) is 4.21. The monoisotopic (exact) mass is 322 g/mol. The molecule has 1 aliphatic carbocycles. The second-order valence-corrected chi connectivity index (χ2v) is 6.62. The van der Waals surface area contributed by atoms with E-state index in [9.17, 15) is 14.7 Å². The number of aliphatic carboxylic acids is 1. The first-order chi connectivity index (χ1) is 10.5. The van der Waals surface area contributed by atoms with E-state index < -0.39 is 11.9 Å². The Morgan fingerprint density at radius 2 is 2.32 bits per heavy atom. The van der Waals surface area contributed by atoms with E-state index in [2.05, 4.69) is 4.98 Å². The summed E-state index contributed by atoms with van der Waals surface area (Å²) in [6.45, 7) is 0.495. The van der Waals surface area contributed by atoms with Gasteiger partial charge < -0.3 is 9.84 Å². The first-order valence-corrected chi connectivity index (χ1v) is 8.09. The second kappa shape index (κ2) is 5.81. The molecule has 0 saturated carbocycles. The number of hydrogen-bond donors (Lipinski definition) is 1. The predicted molar refractivity (Wildman–Crippen MR) is 83.8 cm³/mol. The highest BCUT2D eigenvalue weighted by Gasteiger charge is 2.32. The lowest BCUT2D eigenvalue weighted by Gasteiger charge is -2.18. The van der Waals surface area contributed by atoms with Crippen LogP contribution in [0.1, 0.15) is 35.0 Å². The fourth-order valence-corrected chi connectivity index (χ4v) is 4.35. The molecule has 0 radical (unpaired) electrons. The summed E-state index contributed by atoms with van der Waals surface area (Å²) in [5.41, 5.74) is 0.548. The smallest absolute Gasteiger partial charge is 0.311 e. The molecule has 0 spiro atoms. The van der Waals surface area contributed by atoms with Crippen molar-refractivity contribution in [3.63, 3.8) is 0 Å².